The highest BCUT2D eigenvalue weighted by Crippen LogP contribution is 2.48. The third-order valence-electron chi connectivity index (χ3n) is 8.63. The van der Waals surface area contributed by atoms with Gasteiger partial charge in [0.2, 0.25) is 0 Å². The molecule has 0 aliphatic carbocycles. The summed E-state index contributed by atoms with van der Waals surface area (Å²) in [5.41, 5.74) is 14.6. The first kappa shape index (κ1) is 26.2. The summed E-state index contributed by atoms with van der Waals surface area (Å²) < 4.78 is 1.44. The summed E-state index contributed by atoms with van der Waals surface area (Å²) in [5, 5.41) is 2.42. The summed E-state index contributed by atoms with van der Waals surface area (Å²) in [6, 6.07) is 34.0. The molecule has 2 aliphatic heterocycles. The molecule has 4 aromatic carbocycles. The van der Waals surface area contributed by atoms with Crippen molar-refractivity contribution in [2.45, 2.75) is 59.3 Å². The predicted molar refractivity (Wildman–Crippen MR) is 180 cm³/mol. The fraction of sp³-hybridized carbons (Fsp3) is 0.243. The molecule has 0 fully saturated rings. The van der Waals surface area contributed by atoms with Crippen LogP contribution in [0.5, 0.6) is 0 Å². The van der Waals surface area contributed by atoms with Crippen molar-refractivity contribution in [2.75, 3.05) is 9.80 Å². The molecule has 0 atom stereocenters. The second-order valence-electron chi connectivity index (χ2n) is 13.6. The first-order valence-corrected chi connectivity index (χ1v) is 15.5. The first-order valence-electron chi connectivity index (χ1n) is 14.7. The molecule has 204 valence electrons. The van der Waals surface area contributed by atoms with E-state index in [1.165, 1.54) is 66.5 Å². The van der Waals surface area contributed by atoms with Crippen LogP contribution in [-0.2, 0) is 10.8 Å². The zero-order valence-corrected chi connectivity index (χ0v) is 25.9. The Balaban J connectivity index is 1.56. The van der Waals surface area contributed by atoms with Crippen LogP contribution in [-0.4, -0.2) is 6.71 Å². The molecule has 2 nitrogen and oxygen atoms in total. The average Bonchev–Trinajstić information content (AvgIpc) is 3.38. The molecule has 0 spiro atoms. The molecule has 0 N–H and O–H groups in total. The maximum atomic E-state index is 2.57. The van der Waals surface area contributed by atoms with Crippen LogP contribution in [0.25, 0.3) is 0 Å². The van der Waals surface area contributed by atoms with Crippen LogP contribution in [0.3, 0.4) is 0 Å². The molecule has 3 heterocycles. The van der Waals surface area contributed by atoms with Crippen molar-refractivity contribution in [3.05, 3.63) is 113 Å². The lowest BCUT2D eigenvalue weighted by Gasteiger charge is -2.44. The highest BCUT2D eigenvalue weighted by molar-refractivity contribution is 7.28. The second-order valence-corrected chi connectivity index (χ2v) is 14.5. The standard InChI is InChI=1S/C37H37BN2S/c1-24-21-31-33-32(22-24)40(27-19-17-25(18-20-27)36(2,3)4)34-28(37(5,6)7)23-41-35(34)38(33)29-15-11-12-16-30(29)39(31)26-13-9-8-10-14-26/h8-23H,1-7H3. The minimum absolute atomic E-state index is 0.0160. The lowest BCUT2D eigenvalue weighted by molar-refractivity contribution is 0.590. The summed E-state index contributed by atoms with van der Waals surface area (Å²) in [6.45, 7) is 16.3. The van der Waals surface area contributed by atoms with Crippen molar-refractivity contribution in [2.24, 2.45) is 0 Å². The molecular formula is C37H37BN2S. The summed E-state index contributed by atoms with van der Waals surface area (Å²) in [4.78, 5) is 5.04. The second kappa shape index (κ2) is 9.12. The Hall–Kier alpha value is -3.76. The zero-order chi connectivity index (χ0) is 28.7. The third kappa shape index (κ3) is 4.07. The SMILES string of the molecule is Cc1cc2c3c(c1)N(c1ccc(C(C)(C)C)cc1)c1c(C(C)(C)C)csc1B3c1ccccc1N2c1ccccc1. The van der Waals surface area contributed by atoms with Crippen molar-refractivity contribution in [1.29, 1.82) is 0 Å². The number of aryl methyl sites for hydroxylation is 1. The van der Waals surface area contributed by atoms with E-state index < -0.39 is 0 Å². The van der Waals surface area contributed by atoms with Gasteiger partial charge in [-0.2, -0.15) is 11.3 Å². The van der Waals surface area contributed by atoms with Crippen LogP contribution in [0.1, 0.15) is 58.2 Å². The van der Waals surface area contributed by atoms with Gasteiger partial charge in [-0.1, -0.05) is 90.1 Å². The number of rotatable bonds is 2. The topological polar surface area (TPSA) is 6.48 Å². The molecule has 1 aromatic heterocycles. The quantitative estimate of drug-likeness (QED) is 0.198. The Bertz CT molecular complexity index is 1770. The van der Waals surface area contributed by atoms with E-state index >= 15 is 0 Å². The average molecular weight is 553 g/mol. The number of anilines is 6. The number of fused-ring (bicyclic) bond motifs is 4. The maximum absolute atomic E-state index is 2.57. The van der Waals surface area contributed by atoms with Crippen molar-refractivity contribution in [3.8, 4) is 0 Å². The highest BCUT2D eigenvalue weighted by Gasteiger charge is 2.46. The van der Waals surface area contributed by atoms with E-state index in [9.17, 15) is 0 Å². The largest absolute Gasteiger partial charge is 0.311 e. The van der Waals surface area contributed by atoms with Gasteiger partial charge in [-0.05, 0) is 93.2 Å². The normalized spacial score (nSPS) is 14.1. The van der Waals surface area contributed by atoms with Gasteiger partial charge in [-0.3, -0.25) is 0 Å². The van der Waals surface area contributed by atoms with Crippen LogP contribution >= 0.6 is 11.3 Å². The van der Waals surface area contributed by atoms with Gasteiger partial charge in [0.05, 0.1) is 5.69 Å². The molecule has 0 amide bonds. The molecule has 0 bridgehead atoms. The number of nitrogens with zero attached hydrogens (tertiary/aromatic N) is 2. The van der Waals surface area contributed by atoms with Gasteiger partial charge in [-0.15, -0.1) is 0 Å². The Morgan fingerprint density at radius 2 is 1.24 bits per heavy atom. The summed E-state index contributed by atoms with van der Waals surface area (Å²) >= 11 is 1.93. The molecule has 41 heavy (non-hydrogen) atoms. The van der Waals surface area contributed by atoms with E-state index in [0.717, 1.165) is 0 Å². The van der Waals surface area contributed by atoms with Crippen molar-refractivity contribution >= 4 is 67.9 Å². The van der Waals surface area contributed by atoms with Crippen molar-refractivity contribution in [3.63, 3.8) is 0 Å². The first-order chi connectivity index (χ1) is 19.5. The molecule has 0 saturated heterocycles. The van der Waals surface area contributed by atoms with Gasteiger partial charge in [0.1, 0.15) is 0 Å². The number of benzene rings is 4. The van der Waals surface area contributed by atoms with Gasteiger partial charge in [0, 0.05) is 33.2 Å². The minimum atomic E-state index is 0.0160. The van der Waals surface area contributed by atoms with Crippen molar-refractivity contribution < 1.29 is 0 Å². The Kier molecular flexibility index (Phi) is 5.82. The minimum Gasteiger partial charge on any atom is -0.311 e. The Labute approximate surface area is 249 Å². The van der Waals surface area contributed by atoms with Crippen LogP contribution in [0.4, 0.5) is 34.1 Å². The van der Waals surface area contributed by atoms with E-state index in [0.29, 0.717) is 0 Å². The molecule has 0 radical (unpaired) electrons. The van der Waals surface area contributed by atoms with Gasteiger partial charge < -0.3 is 9.80 Å². The lowest BCUT2D eigenvalue weighted by atomic mass is 9.36. The van der Waals surface area contributed by atoms with E-state index in [1.54, 1.807) is 0 Å². The fourth-order valence-corrected chi connectivity index (χ4v) is 8.01. The van der Waals surface area contributed by atoms with E-state index in [-0.39, 0.29) is 17.5 Å². The third-order valence-corrected chi connectivity index (χ3v) is 9.67. The van der Waals surface area contributed by atoms with Crippen LogP contribution in [0, 0.1) is 6.92 Å². The lowest BCUT2D eigenvalue weighted by Crippen LogP contribution is -2.60. The smallest absolute Gasteiger partial charge is 0.264 e. The van der Waals surface area contributed by atoms with Gasteiger partial charge in [0.25, 0.3) is 6.71 Å². The van der Waals surface area contributed by atoms with Crippen LogP contribution < -0.4 is 25.5 Å². The van der Waals surface area contributed by atoms with Gasteiger partial charge in [0.15, 0.2) is 0 Å². The van der Waals surface area contributed by atoms with Gasteiger partial charge in [-0.25, -0.2) is 0 Å². The van der Waals surface area contributed by atoms with Gasteiger partial charge >= 0.3 is 0 Å². The number of thiophene rings is 1. The van der Waals surface area contributed by atoms with E-state index in [4.69, 9.17) is 0 Å². The molecule has 2 aliphatic rings. The number of para-hydroxylation sites is 2. The predicted octanol–water partition coefficient (Wildman–Crippen LogP) is 8.73. The number of hydrogen-bond acceptors (Lipinski definition) is 3. The highest BCUT2D eigenvalue weighted by atomic mass is 32.1. The Morgan fingerprint density at radius 1 is 0.634 bits per heavy atom. The molecule has 0 unspecified atom stereocenters. The molecule has 7 rings (SSSR count). The summed E-state index contributed by atoms with van der Waals surface area (Å²) in [6.07, 6.45) is 0. The van der Waals surface area contributed by atoms with E-state index in [2.05, 4.69) is 155 Å². The molecular weight excluding hydrogens is 515 g/mol. The summed E-state index contributed by atoms with van der Waals surface area (Å²) in [5.74, 6) is 0. The Morgan fingerprint density at radius 3 is 1.90 bits per heavy atom. The maximum Gasteiger partial charge on any atom is 0.264 e. The summed E-state index contributed by atoms with van der Waals surface area (Å²) in [7, 11) is 0. The monoisotopic (exact) mass is 552 g/mol. The molecule has 4 heteroatoms. The van der Waals surface area contributed by atoms with Crippen LogP contribution in [0.15, 0.2) is 96.4 Å². The number of hydrogen-bond donors (Lipinski definition) is 0. The van der Waals surface area contributed by atoms with Crippen molar-refractivity contribution in [1.82, 2.24) is 0 Å². The molecule has 0 saturated carbocycles. The molecule has 5 aromatic rings. The van der Waals surface area contributed by atoms with E-state index in [1.807, 2.05) is 11.3 Å². The fourth-order valence-electron chi connectivity index (χ4n) is 6.61. The van der Waals surface area contributed by atoms with Crippen LogP contribution in [0.2, 0.25) is 0 Å². The zero-order valence-electron chi connectivity index (χ0n) is 25.1.